The quantitative estimate of drug-likeness (QED) is 0.294. The molecular formula is C24H21N3O3S. The lowest BCUT2D eigenvalue weighted by Crippen LogP contribution is -2.01. The average molecular weight is 432 g/mol. The van der Waals surface area contributed by atoms with E-state index >= 15 is 0 Å². The molecule has 2 aromatic carbocycles. The molecule has 0 N–H and O–H groups in total. The minimum Gasteiger partial charge on any atom is -0.489 e. The Morgan fingerprint density at radius 3 is 2.65 bits per heavy atom. The van der Waals surface area contributed by atoms with E-state index in [-0.39, 0.29) is 6.61 Å². The number of carbonyl (C=O) groups excluding carboxylic acids is 1. The number of rotatable bonds is 8. The first-order valence-corrected chi connectivity index (χ1v) is 10.6. The second kappa shape index (κ2) is 9.86. The minimum atomic E-state index is -0.416. The number of nitrogens with zero attached hydrogens (tertiary/aromatic N) is 3. The summed E-state index contributed by atoms with van der Waals surface area (Å²) in [4.78, 5) is 16.5. The number of esters is 1. The van der Waals surface area contributed by atoms with Gasteiger partial charge in [0.1, 0.15) is 24.0 Å². The van der Waals surface area contributed by atoms with E-state index in [4.69, 9.17) is 9.47 Å². The van der Waals surface area contributed by atoms with Crippen molar-refractivity contribution in [3.63, 3.8) is 0 Å². The summed E-state index contributed by atoms with van der Waals surface area (Å²) >= 11 is 1.50. The lowest BCUT2D eigenvalue weighted by atomic mass is 10.2. The van der Waals surface area contributed by atoms with E-state index in [1.165, 1.54) is 17.4 Å². The van der Waals surface area contributed by atoms with Crippen LogP contribution < -0.4 is 4.74 Å². The van der Waals surface area contributed by atoms with E-state index in [1.54, 1.807) is 17.0 Å². The van der Waals surface area contributed by atoms with Crippen molar-refractivity contribution in [2.75, 3.05) is 0 Å². The number of carbonyl (C=O) groups is 1. The predicted molar refractivity (Wildman–Crippen MR) is 120 cm³/mol. The van der Waals surface area contributed by atoms with Crippen LogP contribution in [0.2, 0.25) is 0 Å². The molecule has 0 fully saturated rings. The minimum absolute atomic E-state index is 0.131. The molecule has 0 aliphatic carbocycles. The molecule has 6 nitrogen and oxygen atoms in total. The summed E-state index contributed by atoms with van der Waals surface area (Å²) in [5.74, 6) is 0.358. The lowest BCUT2D eigenvalue weighted by Gasteiger charge is -2.06. The summed E-state index contributed by atoms with van der Waals surface area (Å²) in [6.07, 6.45) is 6.78. The number of hydrogen-bond donors (Lipinski definition) is 0. The molecule has 0 saturated carbocycles. The number of aromatic nitrogens is 3. The predicted octanol–water partition coefficient (Wildman–Crippen LogP) is 4.88. The van der Waals surface area contributed by atoms with Crippen molar-refractivity contribution in [2.45, 2.75) is 13.2 Å². The van der Waals surface area contributed by atoms with Gasteiger partial charge in [-0.25, -0.2) is 9.78 Å². The summed E-state index contributed by atoms with van der Waals surface area (Å²) in [6, 6.07) is 17.5. The molecule has 0 amide bonds. The monoisotopic (exact) mass is 431 g/mol. The highest BCUT2D eigenvalue weighted by Gasteiger charge is 2.08. The Bertz CT molecular complexity index is 1160. The zero-order valence-electron chi connectivity index (χ0n) is 17.0. The van der Waals surface area contributed by atoms with Crippen LogP contribution >= 0.6 is 11.3 Å². The van der Waals surface area contributed by atoms with Crippen molar-refractivity contribution in [3.05, 3.63) is 95.3 Å². The first-order valence-electron chi connectivity index (χ1n) is 9.71. The fourth-order valence-corrected chi connectivity index (χ4v) is 3.59. The van der Waals surface area contributed by atoms with Gasteiger partial charge in [0.2, 0.25) is 0 Å². The van der Waals surface area contributed by atoms with Crippen LogP contribution in [-0.2, 0) is 29.8 Å². The highest BCUT2D eigenvalue weighted by atomic mass is 32.1. The van der Waals surface area contributed by atoms with Crippen molar-refractivity contribution in [1.29, 1.82) is 0 Å². The van der Waals surface area contributed by atoms with Gasteiger partial charge in [0.15, 0.2) is 0 Å². The summed E-state index contributed by atoms with van der Waals surface area (Å²) in [7, 11) is 1.86. The normalized spacial score (nSPS) is 11.0. The molecule has 0 atom stereocenters. The smallest absolute Gasteiger partial charge is 0.331 e. The Hall–Kier alpha value is -3.71. The molecule has 4 aromatic rings. The maximum atomic E-state index is 12.0. The van der Waals surface area contributed by atoms with E-state index in [0.717, 1.165) is 27.4 Å². The topological polar surface area (TPSA) is 66.2 Å². The lowest BCUT2D eigenvalue weighted by molar-refractivity contribution is -0.139. The number of benzene rings is 2. The Morgan fingerprint density at radius 1 is 1.10 bits per heavy atom. The molecule has 2 aromatic heterocycles. The Balaban J connectivity index is 1.25. The molecule has 0 aliphatic heterocycles. The molecule has 156 valence electrons. The summed E-state index contributed by atoms with van der Waals surface area (Å²) in [6.45, 7) is 0.646. The van der Waals surface area contributed by atoms with Crippen LogP contribution in [0.15, 0.2) is 78.4 Å². The first-order chi connectivity index (χ1) is 15.2. The van der Waals surface area contributed by atoms with Crippen LogP contribution in [0.5, 0.6) is 5.75 Å². The van der Waals surface area contributed by atoms with Crippen molar-refractivity contribution < 1.29 is 14.3 Å². The molecule has 2 heterocycles. The molecule has 0 unspecified atom stereocenters. The van der Waals surface area contributed by atoms with Crippen LogP contribution in [0.25, 0.3) is 16.6 Å². The molecule has 0 aliphatic rings. The molecule has 4 rings (SSSR count). The maximum Gasteiger partial charge on any atom is 0.331 e. The van der Waals surface area contributed by atoms with Crippen LogP contribution in [0, 0.1) is 0 Å². The fraction of sp³-hybridized carbons (Fsp3) is 0.125. The number of thiazole rings is 1. The van der Waals surface area contributed by atoms with Crippen LogP contribution in [-0.4, -0.2) is 20.7 Å². The zero-order chi connectivity index (χ0) is 21.5. The Morgan fingerprint density at radius 2 is 1.90 bits per heavy atom. The molecule has 0 radical (unpaired) electrons. The van der Waals surface area contributed by atoms with Gasteiger partial charge in [0.05, 0.1) is 11.9 Å². The summed E-state index contributed by atoms with van der Waals surface area (Å²) < 4.78 is 12.8. The summed E-state index contributed by atoms with van der Waals surface area (Å²) in [5.41, 5.74) is 3.66. The second-order valence-electron chi connectivity index (χ2n) is 6.83. The van der Waals surface area contributed by atoms with Gasteiger partial charge in [-0.1, -0.05) is 42.5 Å². The van der Waals surface area contributed by atoms with Gasteiger partial charge in [-0.2, -0.15) is 5.10 Å². The van der Waals surface area contributed by atoms with Gasteiger partial charge in [-0.15, -0.1) is 11.3 Å². The number of aryl methyl sites for hydroxylation is 1. The first kappa shape index (κ1) is 20.6. The van der Waals surface area contributed by atoms with Gasteiger partial charge in [0, 0.05) is 30.3 Å². The van der Waals surface area contributed by atoms with E-state index in [9.17, 15) is 4.79 Å². The highest BCUT2D eigenvalue weighted by Crippen LogP contribution is 2.23. The highest BCUT2D eigenvalue weighted by molar-refractivity contribution is 7.13. The zero-order valence-corrected chi connectivity index (χ0v) is 17.8. The maximum absolute atomic E-state index is 12.0. The standard InChI is InChI=1S/C24H21N3O3S/c1-27-14-20(13-25-27)24-26-21(17-31-24)16-30-23(28)12-9-18-7-10-22(11-8-18)29-15-19-5-3-2-4-6-19/h2-14,17H,15-16H2,1H3. The number of ether oxygens (including phenoxy) is 2. The van der Waals surface area contributed by atoms with Gasteiger partial charge in [-0.3, -0.25) is 4.68 Å². The molecule has 0 spiro atoms. The van der Waals surface area contributed by atoms with Gasteiger partial charge in [-0.05, 0) is 29.3 Å². The molecule has 0 bridgehead atoms. The SMILES string of the molecule is Cn1cc(-c2nc(COC(=O)C=Cc3ccc(OCc4ccccc4)cc3)cs2)cn1. The average Bonchev–Trinajstić information content (AvgIpc) is 3.45. The van der Waals surface area contributed by atoms with Crippen LogP contribution in [0.3, 0.4) is 0 Å². The van der Waals surface area contributed by atoms with E-state index in [2.05, 4.69) is 10.1 Å². The van der Waals surface area contributed by atoms with Gasteiger partial charge < -0.3 is 9.47 Å². The van der Waals surface area contributed by atoms with Crippen molar-refractivity contribution >= 4 is 23.4 Å². The number of hydrogen-bond acceptors (Lipinski definition) is 6. The Kier molecular flexibility index (Phi) is 6.54. The third-order valence-electron chi connectivity index (χ3n) is 4.41. The van der Waals surface area contributed by atoms with E-state index in [0.29, 0.717) is 12.3 Å². The van der Waals surface area contributed by atoms with Crippen LogP contribution in [0.4, 0.5) is 0 Å². The molecule has 7 heteroatoms. The summed E-state index contributed by atoms with van der Waals surface area (Å²) in [5, 5.41) is 6.87. The molecule has 31 heavy (non-hydrogen) atoms. The van der Waals surface area contributed by atoms with Crippen molar-refractivity contribution in [1.82, 2.24) is 14.8 Å². The third-order valence-corrected chi connectivity index (χ3v) is 5.35. The van der Waals surface area contributed by atoms with Crippen molar-refractivity contribution in [3.8, 4) is 16.3 Å². The van der Waals surface area contributed by atoms with Crippen molar-refractivity contribution in [2.24, 2.45) is 7.05 Å². The van der Waals surface area contributed by atoms with E-state index < -0.39 is 5.97 Å². The second-order valence-corrected chi connectivity index (χ2v) is 7.69. The Labute approximate surface area is 184 Å². The molecule has 0 saturated heterocycles. The van der Waals surface area contributed by atoms with Gasteiger partial charge in [0.25, 0.3) is 0 Å². The van der Waals surface area contributed by atoms with Gasteiger partial charge >= 0.3 is 5.97 Å². The molecular weight excluding hydrogens is 410 g/mol. The van der Waals surface area contributed by atoms with E-state index in [1.807, 2.05) is 73.2 Å². The third kappa shape index (κ3) is 5.90. The fourth-order valence-electron chi connectivity index (χ4n) is 2.81. The largest absolute Gasteiger partial charge is 0.489 e. The van der Waals surface area contributed by atoms with Crippen LogP contribution in [0.1, 0.15) is 16.8 Å².